The molecule has 0 spiro atoms. The summed E-state index contributed by atoms with van der Waals surface area (Å²) in [5.74, 6) is -0.980. The standard InChI is InChI=1S/C34H42F3NO3/c1-3-5-6-7-9-12-26-14-16-28(17-15-26)31-23-22-30(25-38-31)27-18-20-29(21-19-27)33(39)41-32(34(35,36)37)13-10-8-11-24-40-4-2/h14-23,25,32H,3-13,24H2,1-2H3/t32-/m1/s1. The van der Waals surface area contributed by atoms with Gasteiger partial charge in [0.1, 0.15) is 0 Å². The molecular weight excluding hydrogens is 527 g/mol. The average Bonchev–Trinajstić information content (AvgIpc) is 2.98. The van der Waals surface area contributed by atoms with Crippen LogP contribution in [0.3, 0.4) is 0 Å². The molecule has 2 aromatic carbocycles. The average molecular weight is 570 g/mol. The van der Waals surface area contributed by atoms with Crippen LogP contribution in [0, 0.1) is 0 Å². The lowest BCUT2D eigenvalue weighted by Gasteiger charge is -2.20. The lowest BCUT2D eigenvalue weighted by Crippen LogP contribution is -2.33. The number of benzene rings is 2. The molecule has 7 heteroatoms. The predicted molar refractivity (Wildman–Crippen MR) is 158 cm³/mol. The molecule has 0 aliphatic rings. The Balaban J connectivity index is 1.54. The minimum Gasteiger partial charge on any atom is -0.449 e. The highest BCUT2D eigenvalue weighted by atomic mass is 19.4. The van der Waals surface area contributed by atoms with E-state index in [1.807, 2.05) is 19.1 Å². The van der Waals surface area contributed by atoms with Crippen LogP contribution in [-0.4, -0.2) is 36.4 Å². The summed E-state index contributed by atoms with van der Waals surface area (Å²) in [6.45, 7) is 5.19. The molecule has 41 heavy (non-hydrogen) atoms. The number of halogens is 3. The zero-order valence-electron chi connectivity index (χ0n) is 24.2. The van der Waals surface area contributed by atoms with Crippen LogP contribution in [0.15, 0.2) is 66.9 Å². The molecule has 0 bridgehead atoms. The minimum atomic E-state index is -4.61. The molecule has 0 N–H and O–H groups in total. The van der Waals surface area contributed by atoms with Crippen LogP contribution >= 0.6 is 0 Å². The Morgan fingerprint density at radius 1 is 0.780 bits per heavy atom. The first kappa shape index (κ1) is 32.3. The van der Waals surface area contributed by atoms with Gasteiger partial charge in [0.2, 0.25) is 0 Å². The number of nitrogens with zero attached hydrogens (tertiary/aromatic N) is 1. The first-order valence-electron chi connectivity index (χ1n) is 14.8. The number of aromatic nitrogens is 1. The van der Waals surface area contributed by atoms with E-state index in [0.29, 0.717) is 32.5 Å². The minimum absolute atomic E-state index is 0.0781. The Labute approximate surface area is 242 Å². The molecule has 222 valence electrons. The second-order valence-corrected chi connectivity index (χ2v) is 10.4. The van der Waals surface area contributed by atoms with E-state index < -0.39 is 18.2 Å². The second kappa shape index (κ2) is 16.9. The molecule has 0 saturated carbocycles. The molecule has 3 rings (SSSR count). The summed E-state index contributed by atoms with van der Waals surface area (Å²) in [5, 5.41) is 0. The van der Waals surface area contributed by atoms with E-state index in [9.17, 15) is 18.0 Å². The van der Waals surface area contributed by atoms with Crippen LogP contribution < -0.4 is 0 Å². The highest BCUT2D eigenvalue weighted by Crippen LogP contribution is 2.29. The summed E-state index contributed by atoms with van der Waals surface area (Å²) in [6.07, 6.45) is 3.73. The zero-order chi connectivity index (χ0) is 29.5. The van der Waals surface area contributed by atoms with Gasteiger partial charge in [-0.3, -0.25) is 4.98 Å². The highest BCUT2D eigenvalue weighted by molar-refractivity contribution is 5.90. The van der Waals surface area contributed by atoms with Crippen LogP contribution in [0.25, 0.3) is 22.4 Å². The van der Waals surface area contributed by atoms with Crippen LogP contribution in [0.1, 0.15) is 87.6 Å². The normalized spacial score (nSPS) is 12.3. The summed E-state index contributed by atoms with van der Waals surface area (Å²) >= 11 is 0. The van der Waals surface area contributed by atoms with Crippen molar-refractivity contribution >= 4 is 5.97 Å². The summed E-state index contributed by atoms with van der Waals surface area (Å²) in [4.78, 5) is 17.1. The van der Waals surface area contributed by atoms with Crippen LogP contribution in [0.2, 0.25) is 0 Å². The van der Waals surface area contributed by atoms with Crippen molar-refractivity contribution < 1.29 is 27.4 Å². The Bertz CT molecular complexity index is 1160. The molecule has 0 aliphatic heterocycles. The maximum atomic E-state index is 13.5. The Hall–Kier alpha value is -3.19. The van der Waals surface area contributed by atoms with Gasteiger partial charge in [-0.15, -0.1) is 0 Å². The quantitative estimate of drug-likeness (QED) is 0.120. The number of rotatable bonds is 17. The van der Waals surface area contributed by atoms with Crippen LogP contribution in [0.4, 0.5) is 13.2 Å². The van der Waals surface area contributed by atoms with Gasteiger partial charge in [0.15, 0.2) is 6.10 Å². The predicted octanol–water partition coefficient (Wildman–Crippen LogP) is 9.61. The first-order chi connectivity index (χ1) is 19.8. The monoisotopic (exact) mass is 569 g/mol. The number of alkyl halides is 3. The van der Waals surface area contributed by atoms with Gasteiger partial charge in [0.25, 0.3) is 0 Å². The van der Waals surface area contributed by atoms with E-state index in [0.717, 1.165) is 28.8 Å². The van der Waals surface area contributed by atoms with Gasteiger partial charge in [-0.25, -0.2) is 4.79 Å². The summed E-state index contributed by atoms with van der Waals surface area (Å²) < 4.78 is 50.5. The fourth-order valence-electron chi connectivity index (χ4n) is 4.65. The molecule has 0 fully saturated rings. The molecule has 1 heterocycles. The Morgan fingerprint density at radius 2 is 1.44 bits per heavy atom. The number of unbranched alkanes of at least 4 members (excludes halogenated alkanes) is 6. The number of carbonyl (C=O) groups excluding carboxylic acids is 1. The van der Waals surface area contributed by atoms with Gasteiger partial charge in [0, 0.05) is 30.5 Å². The van der Waals surface area contributed by atoms with Gasteiger partial charge in [-0.1, -0.05) is 81.5 Å². The molecule has 3 aromatic rings. The van der Waals surface area contributed by atoms with E-state index in [1.54, 1.807) is 18.3 Å². The number of aryl methyl sites for hydroxylation is 1. The molecule has 0 radical (unpaired) electrons. The van der Waals surface area contributed by atoms with E-state index >= 15 is 0 Å². The summed E-state index contributed by atoms with van der Waals surface area (Å²) in [6, 6.07) is 18.8. The van der Waals surface area contributed by atoms with Gasteiger partial charge in [-0.05, 0) is 68.4 Å². The van der Waals surface area contributed by atoms with E-state index in [1.165, 1.54) is 49.8 Å². The summed E-state index contributed by atoms with van der Waals surface area (Å²) in [5.41, 5.74) is 4.96. The number of esters is 1. The maximum Gasteiger partial charge on any atom is 0.425 e. The third kappa shape index (κ3) is 11.0. The van der Waals surface area contributed by atoms with Crippen molar-refractivity contribution in [3.8, 4) is 22.4 Å². The fraction of sp³-hybridized carbons (Fsp3) is 0.471. The topological polar surface area (TPSA) is 48.4 Å². The van der Waals surface area contributed by atoms with Crippen molar-refractivity contribution in [1.82, 2.24) is 4.98 Å². The van der Waals surface area contributed by atoms with Gasteiger partial charge >= 0.3 is 12.1 Å². The van der Waals surface area contributed by atoms with Gasteiger partial charge < -0.3 is 9.47 Å². The van der Waals surface area contributed by atoms with Crippen molar-refractivity contribution in [2.24, 2.45) is 0 Å². The third-order valence-corrected chi connectivity index (χ3v) is 7.11. The second-order valence-electron chi connectivity index (χ2n) is 10.4. The van der Waals surface area contributed by atoms with Crippen molar-refractivity contribution in [3.63, 3.8) is 0 Å². The lowest BCUT2D eigenvalue weighted by molar-refractivity contribution is -0.206. The van der Waals surface area contributed by atoms with Crippen LogP contribution in [-0.2, 0) is 15.9 Å². The molecule has 0 amide bonds. The van der Waals surface area contributed by atoms with Crippen molar-refractivity contribution in [2.45, 2.75) is 90.3 Å². The molecule has 0 saturated heterocycles. The van der Waals surface area contributed by atoms with Crippen molar-refractivity contribution in [3.05, 3.63) is 78.0 Å². The fourth-order valence-corrected chi connectivity index (χ4v) is 4.65. The van der Waals surface area contributed by atoms with Crippen molar-refractivity contribution in [2.75, 3.05) is 13.2 Å². The van der Waals surface area contributed by atoms with Crippen molar-refractivity contribution in [1.29, 1.82) is 0 Å². The largest absolute Gasteiger partial charge is 0.449 e. The SMILES string of the molecule is CCCCCCCc1ccc(-c2ccc(-c3ccc(C(=O)O[C@H](CCCCCOCC)C(F)(F)F)cc3)cn2)cc1. The molecule has 1 atom stereocenters. The number of pyridine rings is 1. The smallest absolute Gasteiger partial charge is 0.425 e. The van der Waals surface area contributed by atoms with E-state index in [-0.39, 0.29) is 12.0 Å². The molecule has 1 aromatic heterocycles. The first-order valence-corrected chi connectivity index (χ1v) is 14.8. The third-order valence-electron chi connectivity index (χ3n) is 7.11. The van der Waals surface area contributed by atoms with E-state index in [2.05, 4.69) is 36.2 Å². The number of carbonyl (C=O) groups is 1. The number of ether oxygens (including phenoxy) is 2. The van der Waals surface area contributed by atoms with E-state index in [4.69, 9.17) is 9.47 Å². The highest BCUT2D eigenvalue weighted by Gasteiger charge is 2.42. The number of hydrogen-bond acceptors (Lipinski definition) is 4. The Kier molecular flexibility index (Phi) is 13.3. The van der Waals surface area contributed by atoms with Crippen LogP contribution in [0.5, 0.6) is 0 Å². The van der Waals surface area contributed by atoms with Gasteiger partial charge in [-0.2, -0.15) is 13.2 Å². The maximum absolute atomic E-state index is 13.5. The molecule has 0 unspecified atom stereocenters. The number of hydrogen-bond donors (Lipinski definition) is 0. The zero-order valence-corrected chi connectivity index (χ0v) is 24.2. The molecular formula is C34H42F3NO3. The Morgan fingerprint density at radius 3 is 2.07 bits per heavy atom. The van der Waals surface area contributed by atoms with Gasteiger partial charge in [0.05, 0.1) is 11.3 Å². The summed E-state index contributed by atoms with van der Waals surface area (Å²) in [7, 11) is 0. The molecule has 0 aliphatic carbocycles. The lowest BCUT2D eigenvalue weighted by atomic mass is 10.0. The molecule has 4 nitrogen and oxygen atoms in total.